The average Bonchev–Trinajstić information content (AvgIpc) is 3.78. The first-order valence-corrected chi connectivity index (χ1v) is 22.1. The number of halogens is 4. The number of ether oxygens (including phenoxy) is 1. The Bertz CT molecular complexity index is 2370. The lowest BCUT2D eigenvalue weighted by atomic mass is 9.77. The number of nitrogens with zero attached hydrogens (tertiary/aromatic N) is 3. The largest absolute Gasteiger partial charge is 0.477 e. The smallest absolute Gasteiger partial charge is 0.411 e. The molecule has 2 aliphatic rings. The number of Topliss-reactive ketones (excluding diaryl/α,β-unsaturated/α-hetero) is 1. The number of alkyl carbamates (subject to hydrolysis) is 1. The number of anilines is 1. The Morgan fingerprint density at radius 2 is 1.52 bits per heavy atom. The van der Waals surface area contributed by atoms with Crippen LogP contribution < -0.4 is 16.0 Å². The molecule has 3 amide bonds. The Hall–Kier alpha value is -6.17. The molecule has 1 saturated carbocycles. The highest BCUT2D eigenvalue weighted by atomic mass is 19.3. The van der Waals surface area contributed by atoms with Gasteiger partial charge in [0.15, 0.2) is 5.82 Å². The molecule has 5 N–H and O–H groups in total. The van der Waals surface area contributed by atoms with E-state index in [-0.39, 0.29) is 53.7 Å². The van der Waals surface area contributed by atoms with E-state index in [4.69, 9.17) is 9.84 Å². The van der Waals surface area contributed by atoms with Crippen LogP contribution in [0.25, 0.3) is 22.5 Å². The van der Waals surface area contributed by atoms with Crippen molar-refractivity contribution in [3.05, 3.63) is 89.2 Å². The molecule has 4 aromatic rings. The van der Waals surface area contributed by atoms with Gasteiger partial charge in [-0.05, 0) is 157 Å². The van der Waals surface area contributed by atoms with Crippen LogP contribution in [0.2, 0.25) is 0 Å². The van der Waals surface area contributed by atoms with E-state index in [1.807, 2.05) is 49.4 Å². The molecule has 0 spiro atoms. The molecule has 66 heavy (non-hydrogen) atoms. The normalized spacial score (nSPS) is 18.0. The van der Waals surface area contributed by atoms with E-state index in [1.54, 1.807) is 25.9 Å². The molecule has 2 heterocycles. The van der Waals surface area contributed by atoms with E-state index in [1.165, 1.54) is 24.3 Å². The maximum Gasteiger partial charge on any atom is 0.411 e. The van der Waals surface area contributed by atoms with Crippen LogP contribution in [0.5, 0.6) is 0 Å². The van der Waals surface area contributed by atoms with Crippen molar-refractivity contribution in [1.29, 1.82) is 0 Å². The van der Waals surface area contributed by atoms with Crippen molar-refractivity contribution in [2.24, 2.45) is 17.8 Å². The van der Waals surface area contributed by atoms with Crippen LogP contribution in [0.3, 0.4) is 0 Å². The van der Waals surface area contributed by atoms with E-state index in [0.29, 0.717) is 37.8 Å². The lowest BCUT2D eigenvalue weighted by Crippen LogP contribution is -2.45. The third kappa shape index (κ3) is 12.4. The Morgan fingerprint density at radius 1 is 0.879 bits per heavy atom. The van der Waals surface area contributed by atoms with Gasteiger partial charge in [-0.3, -0.25) is 19.5 Å². The summed E-state index contributed by atoms with van der Waals surface area (Å²) in [4.78, 5) is 69.9. The highest BCUT2D eigenvalue weighted by molar-refractivity contribution is 5.97. The number of carboxylic acid groups (broad SMARTS) is 1. The van der Waals surface area contributed by atoms with Crippen molar-refractivity contribution in [1.82, 2.24) is 30.7 Å². The molecule has 6 rings (SSSR count). The summed E-state index contributed by atoms with van der Waals surface area (Å²) in [6.45, 7) is 9.60. The number of likely N-dealkylation sites (tertiary alicyclic amines) is 1. The van der Waals surface area contributed by atoms with Gasteiger partial charge in [0.25, 0.3) is 5.91 Å². The van der Waals surface area contributed by atoms with Gasteiger partial charge in [-0.25, -0.2) is 14.6 Å². The molecule has 1 aliphatic carbocycles. The molecule has 354 valence electrons. The van der Waals surface area contributed by atoms with Gasteiger partial charge in [0.1, 0.15) is 11.4 Å². The molecular weight excluding hydrogens is 863 g/mol. The van der Waals surface area contributed by atoms with E-state index in [0.717, 1.165) is 48.2 Å². The van der Waals surface area contributed by atoms with Crippen LogP contribution in [-0.4, -0.2) is 99.1 Å². The maximum absolute atomic E-state index is 14.3. The monoisotopic (exact) mass is 919 g/mol. The van der Waals surface area contributed by atoms with Gasteiger partial charge in [0.2, 0.25) is 11.7 Å². The number of H-pyrrole nitrogens is 1. The number of carbonyl (C=O) groups is 5. The van der Waals surface area contributed by atoms with Gasteiger partial charge in [-0.15, -0.1) is 0 Å². The molecule has 1 aromatic heterocycles. The van der Waals surface area contributed by atoms with E-state index in [2.05, 4.69) is 38.0 Å². The molecule has 0 radical (unpaired) electrons. The van der Waals surface area contributed by atoms with Crippen LogP contribution >= 0.6 is 0 Å². The highest BCUT2D eigenvalue weighted by Gasteiger charge is 2.65. The number of piperidine rings is 1. The first kappa shape index (κ1) is 49.3. The molecule has 0 bridgehead atoms. The lowest BCUT2D eigenvalue weighted by molar-refractivity contribution is -0.231. The maximum atomic E-state index is 14.3. The summed E-state index contributed by atoms with van der Waals surface area (Å²) in [5.74, 6) is -17.3. The molecule has 14 nitrogen and oxygen atoms in total. The van der Waals surface area contributed by atoms with E-state index >= 15 is 0 Å². The van der Waals surface area contributed by atoms with Gasteiger partial charge in [0, 0.05) is 47.7 Å². The van der Waals surface area contributed by atoms with Gasteiger partial charge in [0.05, 0.1) is 0 Å². The summed E-state index contributed by atoms with van der Waals surface area (Å²) in [6.07, 6.45) is 4.05. The van der Waals surface area contributed by atoms with Crippen LogP contribution in [-0.2, 0) is 31.5 Å². The zero-order chi connectivity index (χ0) is 48.0. The number of aromatic nitrogens is 3. The Kier molecular flexibility index (Phi) is 15.3. The van der Waals surface area contributed by atoms with Crippen molar-refractivity contribution in [3.8, 4) is 22.5 Å². The molecule has 2 fully saturated rings. The summed E-state index contributed by atoms with van der Waals surface area (Å²) in [5, 5.41) is 22.7. The van der Waals surface area contributed by atoms with Gasteiger partial charge < -0.3 is 30.7 Å². The zero-order valence-corrected chi connectivity index (χ0v) is 37.7. The molecule has 1 aliphatic heterocycles. The molecule has 18 heteroatoms. The zero-order valence-electron chi connectivity index (χ0n) is 37.7. The first-order valence-electron chi connectivity index (χ1n) is 22.1. The number of benzene rings is 3. The molecule has 1 saturated heterocycles. The van der Waals surface area contributed by atoms with Crippen molar-refractivity contribution >= 4 is 35.3 Å². The first-order chi connectivity index (χ1) is 31.1. The highest BCUT2D eigenvalue weighted by Crippen LogP contribution is 2.42. The van der Waals surface area contributed by atoms with E-state index in [9.17, 15) is 41.5 Å². The number of ketones is 1. The third-order valence-corrected chi connectivity index (χ3v) is 12.2. The third-order valence-electron chi connectivity index (χ3n) is 12.2. The van der Waals surface area contributed by atoms with Crippen molar-refractivity contribution in [3.63, 3.8) is 0 Å². The topological polar surface area (TPSA) is 196 Å². The molecule has 3 aromatic carbocycles. The number of carboxylic acids is 1. The Labute approximate surface area is 380 Å². The molecule has 0 unspecified atom stereocenters. The number of aliphatic carboxylic acids is 1. The fourth-order valence-electron chi connectivity index (χ4n) is 8.26. The van der Waals surface area contributed by atoms with Gasteiger partial charge in [-0.2, -0.15) is 22.7 Å². The quantitative estimate of drug-likeness (QED) is 0.0684. The number of rotatable bonds is 16. The van der Waals surface area contributed by atoms with Crippen LogP contribution in [0.1, 0.15) is 93.0 Å². The fourth-order valence-corrected chi connectivity index (χ4v) is 8.26. The minimum Gasteiger partial charge on any atom is -0.477 e. The van der Waals surface area contributed by atoms with Crippen LogP contribution in [0.4, 0.5) is 28.0 Å². The second-order valence-corrected chi connectivity index (χ2v) is 18.5. The lowest BCUT2D eigenvalue weighted by Gasteiger charge is -2.29. The summed E-state index contributed by atoms with van der Waals surface area (Å²) < 4.78 is 61.6. The number of carbonyl (C=O) groups excluding carboxylic acids is 4. The number of nitrogens with one attached hydrogen (secondary N) is 4. The molecular formula is C48H57F4N7O7. The molecule has 1 atom stereocenters. The number of aromatic amines is 1. The Balaban J connectivity index is 1.15. The predicted octanol–water partition coefficient (Wildman–Crippen LogP) is 8.17. The summed E-state index contributed by atoms with van der Waals surface area (Å²) in [5.41, 5.74) is 3.84. The second kappa shape index (κ2) is 20.6. The van der Waals surface area contributed by atoms with Crippen molar-refractivity contribution in [2.45, 2.75) is 103 Å². The fraction of sp³-hybridized carbons (Fsp3) is 0.479. The summed E-state index contributed by atoms with van der Waals surface area (Å²) in [7, 11) is 2.07. The van der Waals surface area contributed by atoms with Crippen LogP contribution in [0.15, 0.2) is 66.7 Å². The van der Waals surface area contributed by atoms with Crippen molar-refractivity contribution < 1.29 is 51.4 Å². The number of hydrogen-bond acceptors (Lipinski definition) is 9. The minimum atomic E-state index is -5.45. The second-order valence-electron chi connectivity index (χ2n) is 18.5. The summed E-state index contributed by atoms with van der Waals surface area (Å²) in [6, 6.07) is 18.9. The van der Waals surface area contributed by atoms with Crippen LogP contribution in [0, 0.1) is 24.7 Å². The SMILES string of the molecule is Cc1ccc(C(=O)NC2CCN(C)CC2)cc1-c1ccc(C[C@H](CC(=O)C2CCC(CNC(=O)OC(C)(C)C)CC2)C(=O)Nc2ccc(-c3n[nH]c(C(F)(F)C(F)(F)C(=O)O)n3)cc2)cc1. The number of aryl methyl sites for hydroxylation is 1. The van der Waals surface area contributed by atoms with Gasteiger partial charge in [-0.1, -0.05) is 30.3 Å². The minimum absolute atomic E-state index is 0.0557. The predicted molar refractivity (Wildman–Crippen MR) is 238 cm³/mol. The number of amides is 3. The van der Waals surface area contributed by atoms with Gasteiger partial charge >= 0.3 is 23.9 Å². The average molecular weight is 920 g/mol. The summed E-state index contributed by atoms with van der Waals surface area (Å²) >= 11 is 0. The van der Waals surface area contributed by atoms with Crippen molar-refractivity contribution in [2.75, 3.05) is 32.0 Å². The standard InChI is InChI=1S/C48H57F4N7O7/c1-28-6-11-34(41(61)55-37-20-22-59(5)23-21-37)25-38(28)31-12-7-29(8-13-31)24-35(26-39(60)32-14-9-30(10-15-32)27-53-45(65)66-46(2,3)4)42(62)54-36-18-16-33(17-19-36)40-56-43(58-57-40)47(49,50)48(51,52)44(63)64/h6-8,11-13,16-19,25,30,32,35,37H,9-10,14-15,20-24,26-27H2,1-5H3,(H,53,65)(H,54,62)(H,55,61)(H,63,64)(H,56,57,58)/t30?,32?,35-/m1/s1. The van der Waals surface area contributed by atoms with E-state index < -0.39 is 53.0 Å². The number of hydrogen-bond donors (Lipinski definition) is 5. The Morgan fingerprint density at radius 3 is 2.14 bits per heavy atom. The number of alkyl halides is 4.